The summed E-state index contributed by atoms with van der Waals surface area (Å²) in [6, 6.07) is -0.736. The second-order valence-corrected chi connectivity index (χ2v) is 3.89. The first-order valence-corrected chi connectivity index (χ1v) is 4.70. The number of nitrogens with zero attached hydrogens (tertiary/aromatic N) is 1. The number of aromatic carboxylic acids is 1. The average Bonchev–Trinajstić information content (AvgIpc) is 2.44. The number of hydrogen-bond donors (Lipinski definition) is 1. The molecule has 0 aliphatic heterocycles. The Balaban J connectivity index is 3.19. The second kappa shape index (κ2) is 3.88. The molecule has 0 bridgehead atoms. The topological polar surface area (TPSA) is 42.2 Å². The van der Waals surface area contributed by atoms with Gasteiger partial charge in [0.05, 0.1) is 0 Å². The van der Waals surface area contributed by atoms with Crippen molar-refractivity contribution in [2.45, 2.75) is 19.1 Å². The SMILES string of the molecule is CC(n1cc(Br)cc1C(=O)O)C(F)(F)F. The molecule has 0 amide bonds. The first-order chi connectivity index (χ1) is 6.73. The Morgan fingerprint density at radius 3 is 2.53 bits per heavy atom. The lowest BCUT2D eigenvalue weighted by atomic mass is 10.3. The van der Waals surface area contributed by atoms with E-state index in [2.05, 4.69) is 15.9 Å². The summed E-state index contributed by atoms with van der Waals surface area (Å²) in [5.41, 5.74) is -0.397. The molecule has 1 rings (SSSR count). The molecule has 1 aromatic rings. The quantitative estimate of drug-likeness (QED) is 0.907. The highest BCUT2D eigenvalue weighted by atomic mass is 79.9. The van der Waals surface area contributed by atoms with E-state index in [9.17, 15) is 18.0 Å². The van der Waals surface area contributed by atoms with Gasteiger partial charge < -0.3 is 9.67 Å². The summed E-state index contributed by atoms with van der Waals surface area (Å²) < 4.78 is 38.1. The number of carboxylic acid groups (broad SMARTS) is 1. The maximum Gasteiger partial charge on any atom is 0.408 e. The second-order valence-electron chi connectivity index (χ2n) is 2.97. The van der Waals surface area contributed by atoms with Crippen LogP contribution < -0.4 is 0 Å². The number of rotatable bonds is 2. The van der Waals surface area contributed by atoms with Crippen LogP contribution in [0.5, 0.6) is 0 Å². The van der Waals surface area contributed by atoms with Crippen LogP contribution in [0.4, 0.5) is 13.2 Å². The molecule has 1 atom stereocenters. The maximum atomic E-state index is 12.4. The van der Waals surface area contributed by atoms with Gasteiger partial charge in [0.25, 0.3) is 0 Å². The Kier molecular flexibility index (Phi) is 3.13. The van der Waals surface area contributed by atoms with Gasteiger partial charge in [-0.25, -0.2) is 4.79 Å². The molecule has 0 aromatic carbocycles. The zero-order valence-electron chi connectivity index (χ0n) is 7.55. The largest absolute Gasteiger partial charge is 0.477 e. The zero-order valence-corrected chi connectivity index (χ0v) is 9.13. The Hall–Kier alpha value is -0.980. The Morgan fingerprint density at radius 2 is 2.13 bits per heavy atom. The van der Waals surface area contributed by atoms with Crippen molar-refractivity contribution in [1.29, 1.82) is 0 Å². The zero-order chi connectivity index (χ0) is 11.8. The lowest BCUT2D eigenvalue weighted by molar-refractivity contribution is -0.163. The van der Waals surface area contributed by atoms with Crippen molar-refractivity contribution in [3.63, 3.8) is 0 Å². The van der Waals surface area contributed by atoms with Crippen LogP contribution in [0.15, 0.2) is 16.7 Å². The monoisotopic (exact) mass is 285 g/mol. The fourth-order valence-corrected chi connectivity index (χ4v) is 1.53. The van der Waals surface area contributed by atoms with E-state index < -0.39 is 23.9 Å². The Labute approximate surface area is 91.6 Å². The highest BCUT2D eigenvalue weighted by Crippen LogP contribution is 2.32. The Bertz CT molecular complexity index is 386. The molecular weight excluding hydrogens is 279 g/mol. The molecule has 0 aliphatic rings. The highest BCUT2D eigenvalue weighted by Gasteiger charge is 2.38. The summed E-state index contributed by atoms with van der Waals surface area (Å²) in [4.78, 5) is 10.7. The van der Waals surface area contributed by atoms with E-state index in [0.29, 0.717) is 9.04 Å². The minimum absolute atomic E-state index is 0.302. The molecule has 0 aliphatic carbocycles. The number of alkyl halides is 3. The van der Waals surface area contributed by atoms with E-state index in [1.807, 2.05) is 0 Å². The molecule has 1 aromatic heterocycles. The van der Waals surface area contributed by atoms with Gasteiger partial charge >= 0.3 is 12.1 Å². The number of hydrogen-bond acceptors (Lipinski definition) is 1. The van der Waals surface area contributed by atoms with Crippen molar-refractivity contribution >= 4 is 21.9 Å². The summed E-state index contributed by atoms with van der Waals surface area (Å²) in [7, 11) is 0. The van der Waals surface area contributed by atoms with E-state index in [1.54, 1.807) is 0 Å². The molecule has 1 N–H and O–H groups in total. The van der Waals surface area contributed by atoms with Crippen LogP contribution in [-0.4, -0.2) is 21.8 Å². The normalized spacial score (nSPS) is 13.9. The van der Waals surface area contributed by atoms with Crippen LogP contribution in [0.2, 0.25) is 0 Å². The van der Waals surface area contributed by atoms with Crippen LogP contribution in [0.1, 0.15) is 23.5 Å². The van der Waals surface area contributed by atoms with E-state index in [0.717, 1.165) is 19.2 Å². The van der Waals surface area contributed by atoms with Crippen LogP contribution in [0.3, 0.4) is 0 Å². The third-order valence-corrected chi connectivity index (χ3v) is 2.36. The van der Waals surface area contributed by atoms with Crippen molar-refractivity contribution < 1.29 is 23.1 Å². The predicted molar refractivity (Wildman–Crippen MR) is 49.9 cm³/mol. The van der Waals surface area contributed by atoms with Gasteiger partial charge in [-0.05, 0) is 28.9 Å². The molecule has 3 nitrogen and oxygen atoms in total. The molecule has 84 valence electrons. The standard InChI is InChI=1S/C8H7BrF3NO2/c1-4(8(10,11)12)13-3-5(9)2-6(13)7(14)15/h2-4H,1H3,(H,14,15). The van der Waals surface area contributed by atoms with E-state index >= 15 is 0 Å². The highest BCUT2D eigenvalue weighted by molar-refractivity contribution is 9.10. The van der Waals surface area contributed by atoms with Crippen LogP contribution >= 0.6 is 15.9 Å². The minimum Gasteiger partial charge on any atom is -0.477 e. The van der Waals surface area contributed by atoms with Crippen molar-refractivity contribution in [2.75, 3.05) is 0 Å². The molecule has 1 heterocycles. The maximum absolute atomic E-state index is 12.4. The Morgan fingerprint density at radius 1 is 1.60 bits per heavy atom. The molecule has 0 spiro atoms. The molecular formula is C8H7BrF3NO2. The van der Waals surface area contributed by atoms with E-state index in [4.69, 9.17) is 5.11 Å². The lowest BCUT2D eigenvalue weighted by Crippen LogP contribution is -2.25. The van der Waals surface area contributed by atoms with Crippen LogP contribution in [0.25, 0.3) is 0 Å². The van der Waals surface area contributed by atoms with Gasteiger partial charge in [-0.1, -0.05) is 0 Å². The molecule has 1 unspecified atom stereocenters. The van der Waals surface area contributed by atoms with Gasteiger partial charge in [0.2, 0.25) is 0 Å². The minimum atomic E-state index is -4.47. The summed E-state index contributed by atoms with van der Waals surface area (Å²) in [5, 5.41) is 8.68. The summed E-state index contributed by atoms with van der Waals surface area (Å²) in [5.74, 6) is -1.39. The molecule has 0 radical (unpaired) electrons. The van der Waals surface area contributed by atoms with Crippen molar-refractivity contribution in [3.8, 4) is 0 Å². The fraction of sp³-hybridized carbons (Fsp3) is 0.375. The van der Waals surface area contributed by atoms with Crippen LogP contribution in [-0.2, 0) is 0 Å². The van der Waals surface area contributed by atoms with Gasteiger partial charge in [0.1, 0.15) is 11.7 Å². The van der Waals surface area contributed by atoms with E-state index in [1.165, 1.54) is 0 Å². The molecule has 15 heavy (non-hydrogen) atoms. The summed E-state index contributed by atoms with van der Waals surface area (Å²) in [6.07, 6.45) is -3.37. The predicted octanol–water partition coefficient (Wildman–Crippen LogP) is 3.07. The average molecular weight is 286 g/mol. The lowest BCUT2D eigenvalue weighted by Gasteiger charge is -2.18. The number of halogens is 4. The van der Waals surface area contributed by atoms with Gasteiger partial charge in [0.15, 0.2) is 0 Å². The first-order valence-electron chi connectivity index (χ1n) is 3.91. The number of carbonyl (C=O) groups is 1. The van der Waals surface area contributed by atoms with Crippen molar-refractivity contribution in [2.24, 2.45) is 0 Å². The summed E-state index contributed by atoms with van der Waals surface area (Å²) in [6.45, 7) is 0.902. The van der Waals surface area contributed by atoms with Gasteiger partial charge in [-0.2, -0.15) is 13.2 Å². The van der Waals surface area contributed by atoms with E-state index in [-0.39, 0.29) is 0 Å². The smallest absolute Gasteiger partial charge is 0.408 e. The fourth-order valence-electron chi connectivity index (χ4n) is 1.10. The van der Waals surface area contributed by atoms with Gasteiger partial charge in [-0.15, -0.1) is 0 Å². The number of aromatic nitrogens is 1. The van der Waals surface area contributed by atoms with Gasteiger partial charge in [0, 0.05) is 10.7 Å². The van der Waals surface area contributed by atoms with Crippen molar-refractivity contribution in [3.05, 3.63) is 22.4 Å². The third-order valence-electron chi connectivity index (χ3n) is 1.93. The molecule has 0 saturated heterocycles. The molecule has 7 heteroatoms. The van der Waals surface area contributed by atoms with Crippen molar-refractivity contribution in [1.82, 2.24) is 4.57 Å². The third kappa shape index (κ3) is 2.53. The number of carboxylic acids is 1. The molecule has 0 fully saturated rings. The van der Waals surface area contributed by atoms with Crippen LogP contribution in [0, 0.1) is 0 Å². The first kappa shape index (κ1) is 12.1. The summed E-state index contributed by atoms with van der Waals surface area (Å²) >= 11 is 2.93. The van der Waals surface area contributed by atoms with Gasteiger partial charge in [-0.3, -0.25) is 0 Å². The molecule has 0 saturated carbocycles.